The zero-order chi connectivity index (χ0) is 23.4. The van der Waals surface area contributed by atoms with Gasteiger partial charge in [0.05, 0.1) is 26.3 Å². The van der Waals surface area contributed by atoms with Crippen molar-refractivity contribution in [1.82, 2.24) is 9.88 Å². The van der Waals surface area contributed by atoms with Crippen molar-refractivity contribution in [3.63, 3.8) is 0 Å². The molecule has 0 aliphatic carbocycles. The molecule has 0 saturated carbocycles. The number of rotatable bonds is 7. The molecule has 0 aliphatic heterocycles. The Kier molecular flexibility index (Phi) is 6.66. The first kappa shape index (κ1) is 22.4. The number of carbonyl (C=O) groups excluding carboxylic acids is 1. The lowest BCUT2D eigenvalue weighted by molar-refractivity contribution is 0.0729. The molecule has 0 aliphatic rings. The van der Waals surface area contributed by atoms with Crippen LogP contribution in [0.15, 0.2) is 77.6 Å². The number of nitrogens with zero attached hydrogens (tertiary/aromatic N) is 1. The Hall–Kier alpha value is -3.77. The number of fused-ring (bicyclic) bond motifs is 1. The minimum absolute atomic E-state index is 0.110. The molecular weight excluding hydrogens is 440 g/mol. The lowest BCUT2D eigenvalue weighted by atomic mass is 10.1. The molecule has 33 heavy (non-hydrogen) atoms. The summed E-state index contributed by atoms with van der Waals surface area (Å²) in [6.07, 6.45) is 0. The van der Waals surface area contributed by atoms with Gasteiger partial charge in [-0.05, 0) is 35.9 Å². The SMILES string of the molecule is COc1cc2cc(CN(Cc3ccccc3Cl)C(=O)c3ccccc3)c(=O)[nH]c2cc1OC. The number of halogens is 1. The maximum atomic E-state index is 13.4. The highest BCUT2D eigenvalue weighted by Gasteiger charge is 2.20. The number of benzene rings is 3. The molecule has 1 N–H and O–H groups in total. The molecule has 0 unspecified atom stereocenters. The van der Waals surface area contributed by atoms with Gasteiger partial charge in [0.15, 0.2) is 11.5 Å². The van der Waals surface area contributed by atoms with Crippen molar-refractivity contribution in [1.29, 1.82) is 0 Å². The monoisotopic (exact) mass is 462 g/mol. The van der Waals surface area contributed by atoms with Crippen LogP contribution >= 0.6 is 11.6 Å². The quantitative estimate of drug-likeness (QED) is 0.417. The molecule has 0 spiro atoms. The molecule has 3 aromatic carbocycles. The zero-order valence-electron chi connectivity index (χ0n) is 18.3. The fourth-order valence-electron chi connectivity index (χ4n) is 3.70. The summed E-state index contributed by atoms with van der Waals surface area (Å²) in [5.74, 6) is 0.881. The fourth-order valence-corrected chi connectivity index (χ4v) is 3.89. The van der Waals surface area contributed by atoms with E-state index in [0.717, 1.165) is 10.9 Å². The Balaban J connectivity index is 1.74. The molecular formula is C26H23ClN2O4. The van der Waals surface area contributed by atoms with Crippen molar-refractivity contribution in [3.8, 4) is 11.5 Å². The third kappa shape index (κ3) is 4.86. The van der Waals surface area contributed by atoms with Gasteiger partial charge >= 0.3 is 0 Å². The summed E-state index contributed by atoms with van der Waals surface area (Å²) >= 11 is 6.36. The number of methoxy groups -OCH3 is 2. The predicted molar refractivity (Wildman–Crippen MR) is 129 cm³/mol. The van der Waals surface area contributed by atoms with Gasteiger partial charge in [-0.3, -0.25) is 9.59 Å². The van der Waals surface area contributed by atoms with Gasteiger partial charge in [-0.2, -0.15) is 0 Å². The highest BCUT2D eigenvalue weighted by atomic mass is 35.5. The van der Waals surface area contributed by atoms with Crippen molar-refractivity contribution >= 4 is 28.4 Å². The number of H-pyrrole nitrogens is 1. The summed E-state index contributed by atoms with van der Waals surface area (Å²) < 4.78 is 10.7. The van der Waals surface area contributed by atoms with E-state index < -0.39 is 0 Å². The second-order valence-electron chi connectivity index (χ2n) is 7.54. The number of carbonyl (C=O) groups is 1. The largest absolute Gasteiger partial charge is 0.493 e. The molecule has 4 aromatic rings. The molecule has 6 nitrogen and oxygen atoms in total. The topological polar surface area (TPSA) is 71.6 Å². The average molecular weight is 463 g/mol. The van der Waals surface area contributed by atoms with E-state index in [2.05, 4.69) is 4.98 Å². The smallest absolute Gasteiger partial charge is 0.254 e. The third-order valence-electron chi connectivity index (χ3n) is 5.41. The van der Waals surface area contributed by atoms with Crippen LogP contribution in [0.1, 0.15) is 21.5 Å². The van der Waals surface area contributed by atoms with Gasteiger partial charge in [-0.25, -0.2) is 0 Å². The van der Waals surface area contributed by atoms with Crippen molar-refractivity contribution < 1.29 is 14.3 Å². The van der Waals surface area contributed by atoms with Crippen LogP contribution in [0.3, 0.4) is 0 Å². The number of nitrogens with one attached hydrogen (secondary N) is 1. The number of hydrogen-bond donors (Lipinski definition) is 1. The average Bonchev–Trinajstić information content (AvgIpc) is 2.84. The van der Waals surface area contributed by atoms with Gasteiger partial charge < -0.3 is 19.4 Å². The molecule has 1 aromatic heterocycles. The van der Waals surface area contributed by atoms with Gasteiger partial charge in [0.2, 0.25) is 0 Å². The lowest BCUT2D eigenvalue weighted by Crippen LogP contribution is -2.32. The first-order valence-corrected chi connectivity index (χ1v) is 10.7. The molecule has 0 atom stereocenters. The van der Waals surface area contributed by atoms with Crippen molar-refractivity contribution in [2.75, 3.05) is 14.2 Å². The summed E-state index contributed by atoms with van der Waals surface area (Å²) in [4.78, 5) is 30.8. The zero-order valence-corrected chi connectivity index (χ0v) is 19.1. The summed E-state index contributed by atoms with van der Waals surface area (Å²) in [7, 11) is 3.10. The van der Waals surface area contributed by atoms with Crippen LogP contribution in [0.4, 0.5) is 0 Å². The lowest BCUT2D eigenvalue weighted by Gasteiger charge is -2.23. The maximum Gasteiger partial charge on any atom is 0.254 e. The van der Waals surface area contributed by atoms with Gasteiger partial charge in [0.1, 0.15) is 0 Å². The second kappa shape index (κ2) is 9.79. The molecule has 0 saturated heterocycles. The molecule has 1 heterocycles. The third-order valence-corrected chi connectivity index (χ3v) is 5.78. The van der Waals surface area contributed by atoms with E-state index in [0.29, 0.717) is 33.2 Å². The Labute approximate surface area is 196 Å². The van der Waals surface area contributed by atoms with E-state index in [4.69, 9.17) is 21.1 Å². The van der Waals surface area contributed by atoms with Crippen LogP contribution in [0.25, 0.3) is 10.9 Å². The minimum atomic E-state index is -0.278. The molecule has 168 valence electrons. The Bertz CT molecular complexity index is 1350. The number of pyridine rings is 1. The number of aromatic nitrogens is 1. The molecule has 0 fully saturated rings. The van der Waals surface area contributed by atoms with Crippen LogP contribution in [-0.4, -0.2) is 30.0 Å². The van der Waals surface area contributed by atoms with Crippen molar-refractivity contribution in [2.45, 2.75) is 13.1 Å². The summed E-state index contributed by atoms with van der Waals surface area (Å²) in [6, 6.07) is 21.6. The number of amides is 1. The Morgan fingerprint density at radius 1 is 0.879 bits per heavy atom. The Morgan fingerprint density at radius 2 is 1.52 bits per heavy atom. The molecule has 0 bridgehead atoms. The first-order chi connectivity index (χ1) is 16.0. The number of hydrogen-bond acceptors (Lipinski definition) is 4. The van der Waals surface area contributed by atoms with Crippen LogP contribution in [0, 0.1) is 0 Å². The second-order valence-corrected chi connectivity index (χ2v) is 7.94. The van der Waals surface area contributed by atoms with E-state index in [1.807, 2.05) is 36.4 Å². The van der Waals surface area contributed by atoms with E-state index in [1.54, 1.807) is 48.4 Å². The normalized spacial score (nSPS) is 10.8. The van der Waals surface area contributed by atoms with Crippen LogP contribution < -0.4 is 15.0 Å². The standard InChI is InChI=1S/C26H23ClN2O4/c1-32-23-13-19-12-20(25(30)28-22(19)14-24(23)33-2)16-29(15-18-10-6-7-11-21(18)27)26(31)17-8-4-3-5-9-17/h3-14H,15-16H2,1-2H3,(H,28,30). The van der Waals surface area contributed by atoms with Gasteiger partial charge in [-0.1, -0.05) is 48.0 Å². The molecule has 0 radical (unpaired) electrons. The molecule has 4 rings (SSSR count). The first-order valence-electron chi connectivity index (χ1n) is 10.4. The summed E-state index contributed by atoms with van der Waals surface area (Å²) in [6.45, 7) is 0.370. The van der Waals surface area contributed by atoms with E-state index >= 15 is 0 Å². The maximum absolute atomic E-state index is 13.4. The van der Waals surface area contributed by atoms with Crippen LogP contribution in [0.2, 0.25) is 5.02 Å². The van der Waals surface area contributed by atoms with Crippen LogP contribution in [0.5, 0.6) is 11.5 Å². The van der Waals surface area contributed by atoms with E-state index in [9.17, 15) is 9.59 Å². The molecule has 1 amide bonds. The number of aromatic amines is 1. The number of ether oxygens (including phenoxy) is 2. The minimum Gasteiger partial charge on any atom is -0.493 e. The Morgan fingerprint density at radius 3 is 2.21 bits per heavy atom. The predicted octanol–water partition coefficient (Wildman–Crippen LogP) is 5.04. The van der Waals surface area contributed by atoms with Gasteiger partial charge in [0.25, 0.3) is 11.5 Å². The highest BCUT2D eigenvalue weighted by molar-refractivity contribution is 6.31. The fraction of sp³-hybridized carbons (Fsp3) is 0.154. The summed E-state index contributed by atoms with van der Waals surface area (Å²) in [5.41, 5.74) is 2.12. The molecule has 7 heteroatoms. The highest BCUT2D eigenvalue weighted by Crippen LogP contribution is 2.31. The van der Waals surface area contributed by atoms with Crippen LogP contribution in [-0.2, 0) is 13.1 Å². The van der Waals surface area contributed by atoms with Crippen molar-refractivity contribution in [2.24, 2.45) is 0 Å². The van der Waals surface area contributed by atoms with E-state index in [1.165, 1.54) is 7.11 Å². The van der Waals surface area contributed by atoms with E-state index in [-0.39, 0.29) is 24.6 Å². The van der Waals surface area contributed by atoms with Gasteiger partial charge in [-0.15, -0.1) is 0 Å². The summed E-state index contributed by atoms with van der Waals surface area (Å²) in [5, 5.41) is 1.33. The van der Waals surface area contributed by atoms with Crippen molar-refractivity contribution in [3.05, 3.63) is 105 Å². The van der Waals surface area contributed by atoms with Gasteiger partial charge in [0, 0.05) is 34.1 Å².